The lowest BCUT2D eigenvalue weighted by Gasteiger charge is -2.39. The molecule has 9 heteroatoms. The molecule has 4 fully saturated rings. The van der Waals surface area contributed by atoms with Gasteiger partial charge >= 0.3 is 12.3 Å². The van der Waals surface area contributed by atoms with Crippen molar-refractivity contribution < 1.29 is 32.0 Å². The van der Waals surface area contributed by atoms with Gasteiger partial charge in [-0.1, -0.05) is 18.0 Å². The summed E-state index contributed by atoms with van der Waals surface area (Å²) in [5.41, 5.74) is 0.667. The van der Waals surface area contributed by atoms with Gasteiger partial charge < -0.3 is 18.9 Å². The van der Waals surface area contributed by atoms with Crippen LogP contribution in [0.15, 0.2) is 4.52 Å². The van der Waals surface area contributed by atoms with Crippen molar-refractivity contribution in [2.45, 2.75) is 133 Å². The van der Waals surface area contributed by atoms with Crippen molar-refractivity contribution in [1.29, 1.82) is 0 Å². The van der Waals surface area contributed by atoms with Crippen molar-refractivity contribution in [2.75, 3.05) is 0 Å². The van der Waals surface area contributed by atoms with Gasteiger partial charge in [-0.15, -0.1) is 0 Å². The number of fused-ring (bicyclic) bond motifs is 2. The topological polar surface area (TPSA) is 64.8 Å². The molecule has 1 aromatic heterocycles. The van der Waals surface area contributed by atoms with Gasteiger partial charge in [-0.25, -0.2) is 4.79 Å². The SMILES string of the molecule is CC(C)(C)OC(=O)N1C2CCC1CC(OCc1c([C@@H]3CCCC[C@H]3C(F)(F)F)noc1C1CC1)C2. The summed E-state index contributed by atoms with van der Waals surface area (Å²) >= 11 is 0. The smallest absolute Gasteiger partial charge is 0.410 e. The molecule has 0 spiro atoms. The molecular formula is C26H37F3N2O4. The predicted octanol–water partition coefficient (Wildman–Crippen LogP) is 6.84. The van der Waals surface area contributed by atoms with Crippen LogP contribution in [0.1, 0.15) is 114 Å². The lowest BCUT2D eigenvalue weighted by Crippen LogP contribution is -2.50. The number of aromatic nitrogens is 1. The number of piperidine rings is 1. The quantitative estimate of drug-likeness (QED) is 0.445. The zero-order valence-corrected chi connectivity index (χ0v) is 20.9. The summed E-state index contributed by atoms with van der Waals surface area (Å²) in [7, 11) is 0. The first-order valence-electron chi connectivity index (χ1n) is 13.2. The normalized spacial score (nSPS) is 31.6. The Hall–Kier alpha value is -1.77. The molecule has 2 saturated carbocycles. The van der Waals surface area contributed by atoms with Crippen molar-refractivity contribution in [3.05, 3.63) is 17.0 Å². The Morgan fingerprint density at radius 2 is 1.69 bits per heavy atom. The van der Waals surface area contributed by atoms with Crippen molar-refractivity contribution >= 4 is 6.09 Å². The van der Waals surface area contributed by atoms with E-state index in [1.54, 1.807) is 0 Å². The van der Waals surface area contributed by atoms with Gasteiger partial charge in [-0.3, -0.25) is 0 Å². The Labute approximate surface area is 204 Å². The average molecular weight is 499 g/mol. The fraction of sp³-hybridized carbons (Fsp3) is 0.846. The monoisotopic (exact) mass is 498 g/mol. The minimum atomic E-state index is -4.24. The summed E-state index contributed by atoms with van der Waals surface area (Å²) < 4.78 is 59.1. The first-order chi connectivity index (χ1) is 16.5. The lowest BCUT2D eigenvalue weighted by atomic mass is 9.76. The zero-order chi connectivity index (χ0) is 25.0. The van der Waals surface area contributed by atoms with Gasteiger partial charge in [-0.05, 0) is 72.1 Å². The molecular weight excluding hydrogens is 461 g/mol. The number of alkyl halides is 3. The molecule has 0 N–H and O–H groups in total. The van der Waals surface area contributed by atoms with Crippen LogP contribution >= 0.6 is 0 Å². The zero-order valence-electron chi connectivity index (χ0n) is 20.9. The van der Waals surface area contributed by atoms with Crippen LogP contribution < -0.4 is 0 Å². The Bertz CT molecular complexity index is 907. The molecule has 0 aromatic carbocycles. The third kappa shape index (κ3) is 5.35. The van der Waals surface area contributed by atoms with Crippen molar-refractivity contribution in [3.8, 4) is 0 Å². The Morgan fingerprint density at radius 3 is 2.29 bits per heavy atom. The summed E-state index contributed by atoms with van der Waals surface area (Å²) in [4.78, 5) is 14.6. The Balaban J connectivity index is 1.29. The van der Waals surface area contributed by atoms with Crippen LogP contribution in [0, 0.1) is 5.92 Å². The highest BCUT2D eigenvalue weighted by atomic mass is 19.4. The molecule has 4 atom stereocenters. The van der Waals surface area contributed by atoms with E-state index < -0.39 is 23.6 Å². The standard InChI is InChI=1S/C26H37F3N2O4/c1-25(2,3)34-24(32)31-16-10-11-17(31)13-18(12-16)33-14-20-22(30-35-23(20)15-8-9-15)19-6-4-5-7-21(19)26(27,28)29/h15-19,21H,4-14H2,1-3H3/t16?,17?,18?,19-,21-/m1/s1. The maximum Gasteiger partial charge on any atom is 0.410 e. The third-order valence-corrected chi connectivity index (χ3v) is 8.09. The summed E-state index contributed by atoms with van der Waals surface area (Å²) in [6, 6.07) is 0.151. The van der Waals surface area contributed by atoms with E-state index in [1.807, 2.05) is 25.7 Å². The maximum atomic E-state index is 13.8. The second-order valence-corrected chi connectivity index (χ2v) is 11.9. The number of hydrogen-bond acceptors (Lipinski definition) is 5. The van der Waals surface area contributed by atoms with Gasteiger partial charge in [0.05, 0.1) is 24.3 Å². The Kier molecular flexibility index (Phi) is 6.60. The fourth-order valence-electron chi connectivity index (χ4n) is 6.36. The molecule has 35 heavy (non-hydrogen) atoms. The number of carbonyl (C=O) groups excluding carboxylic acids is 1. The molecule has 2 bridgehead atoms. The molecule has 6 nitrogen and oxygen atoms in total. The minimum Gasteiger partial charge on any atom is -0.444 e. The summed E-state index contributed by atoms with van der Waals surface area (Å²) in [5.74, 6) is -1.07. The van der Waals surface area contributed by atoms with Crippen molar-refractivity contribution in [2.24, 2.45) is 5.92 Å². The number of carbonyl (C=O) groups is 1. The number of nitrogens with zero attached hydrogens (tertiary/aromatic N) is 2. The number of ether oxygens (including phenoxy) is 2. The van der Waals surface area contributed by atoms with Gasteiger partial charge in [-0.2, -0.15) is 13.2 Å². The molecule has 2 aliphatic carbocycles. The predicted molar refractivity (Wildman–Crippen MR) is 122 cm³/mol. The van der Waals surface area contributed by atoms with Crippen LogP contribution in [0.25, 0.3) is 0 Å². The molecule has 3 heterocycles. The number of halogens is 3. The lowest BCUT2D eigenvalue weighted by molar-refractivity contribution is -0.187. The van der Waals surface area contributed by atoms with Crippen LogP contribution in [0.3, 0.4) is 0 Å². The second kappa shape index (κ2) is 9.27. The third-order valence-electron chi connectivity index (χ3n) is 8.09. The van der Waals surface area contributed by atoms with E-state index in [4.69, 9.17) is 14.0 Å². The molecule has 2 saturated heterocycles. The maximum absolute atomic E-state index is 13.8. The van der Waals surface area contributed by atoms with Crippen LogP contribution in [-0.4, -0.2) is 46.1 Å². The highest BCUT2D eigenvalue weighted by Crippen LogP contribution is 2.50. The fourth-order valence-corrected chi connectivity index (χ4v) is 6.36. The number of rotatable bonds is 5. The van der Waals surface area contributed by atoms with E-state index in [1.165, 1.54) is 0 Å². The summed E-state index contributed by atoms with van der Waals surface area (Å²) in [6.45, 7) is 5.83. The van der Waals surface area contributed by atoms with Crippen molar-refractivity contribution in [1.82, 2.24) is 10.1 Å². The molecule has 2 aliphatic heterocycles. The van der Waals surface area contributed by atoms with Gasteiger partial charge in [0.2, 0.25) is 0 Å². The van der Waals surface area contributed by atoms with Gasteiger partial charge in [0.25, 0.3) is 0 Å². The van der Waals surface area contributed by atoms with Crippen LogP contribution in [0.5, 0.6) is 0 Å². The molecule has 4 aliphatic rings. The molecule has 1 amide bonds. The molecule has 5 rings (SSSR count). The van der Waals surface area contributed by atoms with Gasteiger partial charge in [0.15, 0.2) is 0 Å². The summed E-state index contributed by atoms with van der Waals surface area (Å²) in [6.07, 6.45) is 2.66. The molecule has 0 radical (unpaired) electrons. The van der Waals surface area contributed by atoms with Crippen LogP contribution in [-0.2, 0) is 16.1 Å². The van der Waals surface area contributed by atoms with E-state index in [-0.39, 0.29) is 43.2 Å². The van der Waals surface area contributed by atoms with E-state index >= 15 is 0 Å². The highest BCUT2D eigenvalue weighted by Gasteiger charge is 2.49. The highest BCUT2D eigenvalue weighted by molar-refractivity contribution is 5.69. The largest absolute Gasteiger partial charge is 0.444 e. The van der Waals surface area contributed by atoms with E-state index in [2.05, 4.69) is 5.16 Å². The van der Waals surface area contributed by atoms with Gasteiger partial charge in [0.1, 0.15) is 11.4 Å². The molecule has 196 valence electrons. The first kappa shape index (κ1) is 24.9. The molecule has 2 unspecified atom stereocenters. The minimum absolute atomic E-state index is 0.0502. The van der Waals surface area contributed by atoms with Gasteiger partial charge in [0, 0.05) is 29.5 Å². The average Bonchev–Trinajstić information content (AvgIpc) is 3.46. The van der Waals surface area contributed by atoms with E-state index in [0.29, 0.717) is 31.4 Å². The second-order valence-electron chi connectivity index (χ2n) is 11.9. The first-order valence-corrected chi connectivity index (χ1v) is 13.2. The molecule has 1 aromatic rings. The summed E-state index contributed by atoms with van der Waals surface area (Å²) in [5, 5.41) is 4.22. The van der Waals surface area contributed by atoms with Crippen molar-refractivity contribution in [3.63, 3.8) is 0 Å². The number of amides is 1. The van der Waals surface area contributed by atoms with Crippen LogP contribution in [0.2, 0.25) is 0 Å². The van der Waals surface area contributed by atoms with E-state index in [9.17, 15) is 18.0 Å². The Morgan fingerprint density at radius 1 is 1.03 bits per heavy atom. The number of hydrogen-bond donors (Lipinski definition) is 0. The van der Waals surface area contributed by atoms with Crippen LogP contribution in [0.4, 0.5) is 18.0 Å². The van der Waals surface area contributed by atoms with E-state index in [0.717, 1.165) is 43.4 Å².